The largest absolute Gasteiger partial charge is 0.363 e. The van der Waals surface area contributed by atoms with E-state index in [4.69, 9.17) is 0 Å². The minimum atomic E-state index is 0.359. The minimum absolute atomic E-state index is 0.359. The third kappa shape index (κ3) is 1.96. The van der Waals surface area contributed by atoms with Crippen LogP contribution in [0.3, 0.4) is 0 Å². The van der Waals surface area contributed by atoms with Crippen molar-refractivity contribution in [2.75, 3.05) is 5.32 Å². The van der Waals surface area contributed by atoms with E-state index in [0.717, 1.165) is 22.5 Å². The van der Waals surface area contributed by atoms with Crippen molar-refractivity contribution in [3.8, 4) is 0 Å². The van der Waals surface area contributed by atoms with Crippen molar-refractivity contribution in [3.63, 3.8) is 0 Å². The number of aromatic nitrogens is 2. The van der Waals surface area contributed by atoms with Gasteiger partial charge in [0.2, 0.25) is 0 Å². The predicted molar refractivity (Wildman–Crippen MR) is 83.2 cm³/mol. The van der Waals surface area contributed by atoms with Gasteiger partial charge in [0, 0.05) is 0 Å². The summed E-state index contributed by atoms with van der Waals surface area (Å²) in [4.78, 5) is 9.79. The third-order valence-corrected chi connectivity index (χ3v) is 4.76. The van der Waals surface area contributed by atoms with Gasteiger partial charge in [-0.3, -0.25) is 0 Å². The van der Waals surface area contributed by atoms with Gasteiger partial charge in [-0.1, -0.05) is 24.3 Å². The van der Waals surface area contributed by atoms with Gasteiger partial charge in [0.25, 0.3) is 0 Å². The molecule has 100 valence electrons. The van der Waals surface area contributed by atoms with Gasteiger partial charge in [0.1, 0.15) is 17.0 Å². The summed E-state index contributed by atoms with van der Waals surface area (Å²) in [6.07, 6.45) is 5.22. The quantitative estimate of drug-likeness (QED) is 0.765. The highest BCUT2D eigenvalue weighted by molar-refractivity contribution is 7.16. The average Bonchev–Trinajstić information content (AvgIpc) is 2.97. The molecule has 4 heteroatoms. The first-order valence-electron chi connectivity index (χ1n) is 6.94. The Balaban J connectivity index is 1.72. The van der Waals surface area contributed by atoms with Crippen LogP contribution in [0.5, 0.6) is 0 Å². The summed E-state index contributed by atoms with van der Waals surface area (Å²) in [5.41, 5.74) is 2.88. The molecule has 1 aliphatic rings. The fourth-order valence-corrected chi connectivity index (χ4v) is 3.71. The smallest absolute Gasteiger partial charge is 0.138 e. The van der Waals surface area contributed by atoms with Gasteiger partial charge in [-0.25, -0.2) is 9.97 Å². The van der Waals surface area contributed by atoms with Gasteiger partial charge in [0.05, 0.1) is 11.4 Å². The zero-order chi connectivity index (χ0) is 13.4. The second-order valence-corrected chi connectivity index (χ2v) is 6.04. The summed E-state index contributed by atoms with van der Waals surface area (Å²) < 4.78 is 0. The van der Waals surface area contributed by atoms with Crippen molar-refractivity contribution < 1.29 is 0 Å². The average molecular weight is 281 g/mol. The van der Waals surface area contributed by atoms with Crippen molar-refractivity contribution in [1.29, 1.82) is 0 Å². The van der Waals surface area contributed by atoms with Crippen LogP contribution in [-0.2, 0) is 6.42 Å². The van der Waals surface area contributed by atoms with Crippen LogP contribution < -0.4 is 5.32 Å². The number of aryl methyl sites for hydroxylation is 1. The fourth-order valence-electron chi connectivity index (χ4n) is 2.97. The van der Waals surface area contributed by atoms with Crippen LogP contribution in [0.25, 0.3) is 10.2 Å². The lowest BCUT2D eigenvalue weighted by Crippen LogP contribution is -2.18. The summed E-state index contributed by atoms with van der Waals surface area (Å²) in [5.74, 6) is 0.956. The second-order valence-electron chi connectivity index (χ2n) is 5.15. The van der Waals surface area contributed by atoms with Gasteiger partial charge in [0.15, 0.2) is 0 Å². The first-order chi connectivity index (χ1) is 9.92. The molecule has 0 amide bonds. The Morgan fingerprint density at radius 1 is 1.15 bits per heavy atom. The molecule has 0 bridgehead atoms. The Kier molecular flexibility index (Phi) is 2.89. The lowest BCUT2D eigenvalue weighted by molar-refractivity contribution is 0.599. The molecule has 4 rings (SSSR count). The molecule has 0 unspecified atom stereocenters. The van der Waals surface area contributed by atoms with E-state index in [2.05, 4.69) is 51.0 Å². The van der Waals surface area contributed by atoms with Gasteiger partial charge < -0.3 is 5.32 Å². The second kappa shape index (κ2) is 4.87. The van der Waals surface area contributed by atoms with Crippen LogP contribution in [0.15, 0.2) is 42.0 Å². The molecule has 0 spiro atoms. The lowest BCUT2D eigenvalue weighted by Gasteiger charge is -2.26. The molecular weight excluding hydrogens is 266 g/mol. The summed E-state index contributed by atoms with van der Waals surface area (Å²) in [7, 11) is 0. The molecule has 3 aromatic rings. The van der Waals surface area contributed by atoms with Crippen LogP contribution in [0.2, 0.25) is 0 Å². The van der Waals surface area contributed by atoms with E-state index < -0.39 is 0 Å². The molecule has 20 heavy (non-hydrogen) atoms. The van der Waals surface area contributed by atoms with Crippen LogP contribution in [0, 0.1) is 0 Å². The number of hydrogen-bond acceptors (Lipinski definition) is 4. The number of benzene rings is 1. The third-order valence-electron chi connectivity index (χ3n) is 3.94. The Bertz CT molecular complexity index is 750. The van der Waals surface area contributed by atoms with Crippen LogP contribution in [0.4, 0.5) is 5.82 Å². The van der Waals surface area contributed by atoms with Crippen molar-refractivity contribution in [3.05, 3.63) is 53.2 Å². The van der Waals surface area contributed by atoms with E-state index in [1.807, 2.05) is 0 Å². The Morgan fingerprint density at radius 3 is 3.10 bits per heavy atom. The molecule has 1 aliphatic carbocycles. The number of nitrogens with zero attached hydrogens (tertiary/aromatic N) is 2. The number of fused-ring (bicyclic) bond motifs is 2. The molecule has 3 nitrogen and oxygen atoms in total. The van der Waals surface area contributed by atoms with Crippen LogP contribution >= 0.6 is 11.3 Å². The highest BCUT2D eigenvalue weighted by atomic mass is 32.1. The summed E-state index contributed by atoms with van der Waals surface area (Å²) in [6.45, 7) is 0. The molecule has 2 heterocycles. The highest BCUT2D eigenvalue weighted by Gasteiger charge is 2.20. The van der Waals surface area contributed by atoms with E-state index in [9.17, 15) is 0 Å². The monoisotopic (exact) mass is 281 g/mol. The maximum atomic E-state index is 4.43. The first-order valence-corrected chi connectivity index (χ1v) is 7.82. The Morgan fingerprint density at radius 2 is 2.10 bits per heavy atom. The van der Waals surface area contributed by atoms with E-state index in [-0.39, 0.29) is 0 Å². The van der Waals surface area contributed by atoms with Gasteiger partial charge >= 0.3 is 0 Å². The molecule has 0 saturated heterocycles. The first kappa shape index (κ1) is 11.9. The van der Waals surface area contributed by atoms with Gasteiger partial charge in [-0.15, -0.1) is 11.3 Å². The van der Waals surface area contributed by atoms with E-state index in [1.165, 1.54) is 24.0 Å². The molecule has 1 N–H and O–H groups in total. The predicted octanol–water partition coefficient (Wildman–Crippen LogP) is 4.18. The van der Waals surface area contributed by atoms with E-state index in [1.54, 1.807) is 17.7 Å². The van der Waals surface area contributed by atoms with Crippen molar-refractivity contribution in [2.24, 2.45) is 0 Å². The number of anilines is 1. The van der Waals surface area contributed by atoms with Crippen molar-refractivity contribution >= 4 is 27.4 Å². The minimum Gasteiger partial charge on any atom is -0.363 e. The van der Waals surface area contributed by atoms with E-state index >= 15 is 0 Å². The maximum Gasteiger partial charge on any atom is 0.138 e. The SMILES string of the molecule is c1ccc2c(c1)CCC[C@H]2Nc1ncnc2sccc12. The number of rotatable bonds is 2. The zero-order valence-corrected chi connectivity index (χ0v) is 11.9. The topological polar surface area (TPSA) is 37.8 Å². The molecule has 1 atom stereocenters. The van der Waals surface area contributed by atoms with Gasteiger partial charge in [-0.05, 0) is 41.8 Å². The molecule has 0 fully saturated rings. The van der Waals surface area contributed by atoms with Crippen molar-refractivity contribution in [1.82, 2.24) is 9.97 Å². The number of hydrogen-bond donors (Lipinski definition) is 1. The summed E-state index contributed by atoms with van der Waals surface area (Å²) in [6, 6.07) is 11.2. The Labute approximate surface area is 121 Å². The number of thiophene rings is 1. The number of nitrogens with one attached hydrogen (secondary N) is 1. The molecule has 2 aromatic heterocycles. The standard InChI is InChI=1S/C16H15N3S/c1-2-6-12-11(4-1)5-3-7-14(12)19-15-13-8-9-20-16(13)18-10-17-15/h1-2,4,6,8-10,14H,3,5,7H2,(H,17,18,19)/t14-/m1/s1. The summed E-state index contributed by atoms with van der Waals surface area (Å²) in [5, 5.41) is 6.82. The molecule has 0 saturated carbocycles. The van der Waals surface area contributed by atoms with Crippen molar-refractivity contribution in [2.45, 2.75) is 25.3 Å². The van der Waals surface area contributed by atoms with Gasteiger partial charge in [-0.2, -0.15) is 0 Å². The Hall–Kier alpha value is -1.94. The van der Waals surface area contributed by atoms with E-state index in [0.29, 0.717) is 6.04 Å². The molecular formula is C16H15N3S. The summed E-state index contributed by atoms with van der Waals surface area (Å²) >= 11 is 1.66. The lowest BCUT2D eigenvalue weighted by atomic mass is 9.88. The normalized spacial score (nSPS) is 17.9. The fraction of sp³-hybridized carbons (Fsp3) is 0.250. The zero-order valence-electron chi connectivity index (χ0n) is 11.0. The molecule has 0 radical (unpaired) electrons. The van der Waals surface area contributed by atoms with Crippen LogP contribution in [-0.4, -0.2) is 9.97 Å². The van der Waals surface area contributed by atoms with Crippen LogP contribution in [0.1, 0.15) is 30.0 Å². The highest BCUT2D eigenvalue weighted by Crippen LogP contribution is 2.34. The maximum absolute atomic E-state index is 4.43. The molecule has 1 aromatic carbocycles. The molecule has 0 aliphatic heterocycles.